The van der Waals surface area contributed by atoms with Gasteiger partial charge in [0.2, 0.25) is 0 Å². The van der Waals surface area contributed by atoms with Gasteiger partial charge in [-0.15, -0.1) is 0 Å². The average molecular weight is 138 g/mol. The second kappa shape index (κ2) is 3.00. The number of nitrogens with one attached hydrogen (secondary N) is 1. The highest BCUT2D eigenvalue weighted by molar-refractivity contribution is 4.88. The Morgan fingerprint density at radius 2 is 2.60 bits per heavy atom. The fraction of sp³-hybridized carbons (Fsp3) is 0.333. The zero-order valence-electron chi connectivity index (χ0n) is 5.91. The summed E-state index contributed by atoms with van der Waals surface area (Å²) >= 11 is 0. The lowest BCUT2D eigenvalue weighted by Crippen LogP contribution is -2.11. The van der Waals surface area contributed by atoms with Crippen LogP contribution in [0.3, 0.4) is 0 Å². The first-order valence-corrected chi connectivity index (χ1v) is 3.01. The maximum atomic E-state index is 3.91. The van der Waals surface area contributed by atoms with Gasteiger partial charge in [0.1, 0.15) is 12.7 Å². The van der Waals surface area contributed by atoms with Crippen molar-refractivity contribution in [1.29, 1.82) is 0 Å². The summed E-state index contributed by atoms with van der Waals surface area (Å²) in [6.45, 7) is 4.43. The van der Waals surface area contributed by atoms with E-state index in [4.69, 9.17) is 0 Å². The molecule has 0 aliphatic carbocycles. The molecule has 0 atom stereocenters. The molecule has 0 bridgehead atoms. The van der Waals surface area contributed by atoms with Crippen LogP contribution in [0.2, 0.25) is 0 Å². The van der Waals surface area contributed by atoms with Crippen LogP contribution in [-0.2, 0) is 6.54 Å². The molecule has 54 valence electrons. The van der Waals surface area contributed by atoms with Gasteiger partial charge in [-0.2, -0.15) is 5.10 Å². The lowest BCUT2D eigenvalue weighted by molar-refractivity contribution is 0.648. The monoisotopic (exact) mass is 138 g/mol. The quantitative estimate of drug-likeness (QED) is 0.640. The van der Waals surface area contributed by atoms with Crippen molar-refractivity contribution in [3.05, 3.63) is 24.9 Å². The van der Waals surface area contributed by atoms with Crippen LogP contribution in [0.1, 0.15) is 0 Å². The standard InChI is InChI=1S/C6H10N4/c1-6(7-2)3-10-5-8-4-9-10/h4-5,7H,1,3H2,2H3. The smallest absolute Gasteiger partial charge is 0.137 e. The number of nitrogens with zero attached hydrogens (tertiary/aromatic N) is 3. The van der Waals surface area contributed by atoms with Gasteiger partial charge in [0.25, 0.3) is 0 Å². The predicted molar refractivity (Wildman–Crippen MR) is 38.2 cm³/mol. The summed E-state index contributed by atoms with van der Waals surface area (Å²) in [5, 5.41) is 6.83. The molecule has 0 amide bonds. The van der Waals surface area contributed by atoms with Gasteiger partial charge in [-0.05, 0) is 0 Å². The SMILES string of the molecule is C=C(Cn1cncn1)NC. The first-order chi connectivity index (χ1) is 4.83. The van der Waals surface area contributed by atoms with Crippen LogP contribution < -0.4 is 5.32 Å². The number of hydrogen-bond donors (Lipinski definition) is 1. The Morgan fingerprint density at radius 1 is 1.80 bits per heavy atom. The van der Waals surface area contributed by atoms with Crippen LogP contribution in [-0.4, -0.2) is 21.8 Å². The van der Waals surface area contributed by atoms with Gasteiger partial charge in [0.15, 0.2) is 0 Å². The molecular formula is C6H10N4. The molecule has 0 radical (unpaired) electrons. The van der Waals surface area contributed by atoms with E-state index in [0.29, 0.717) is 6.54 Å². The van der Waals surface area contributed by atoms with Gasteiger partial charge in [-0.25, -0.2) is 9.67 Å². The van der Waals surface area contributed by atoms with Gasteiger partial charge < -0.3 is 5.32 Å². The van der Waals surface area contributed by atoms with Crippen molar-refractivity contribution in [2.75, 3.05) is 7.05 Å². The van der Waals surface area contributed by atoms with Crippen LogP contribution >= 0.6 is 0 Å². The average Bonchev–Trinajstić information content (AvgIpc) is 2.40. The lowest BCUT2D eigenvalue weighted by atomic mass is 10.5. The summed E-state index contributed by atoms with van der Waals surface area (Å²) in [5.74, 6) is 0. The Kier molecular flexibility index (Phi) is 2.04. The summed E-state index contributed by atoms with van der Waals surface area (Å²) in [6, 6.07) is 0. The number of allylic oxidation sites excluding steroid dienone is 1. The summed E-state index contributed by atoms with van der Waals surface area (Å²) < 4.78 is 1.71. The predicted octanol–water partition coefficient (Wildman–Crippen LogP) is 0.0112. The zero-order valence-corrected chi connectivity index (χ0v) is 5.91. The Bertz CT molecular complexity index is 202. The van der Waals surface area contributed by atoms with Crippen molar-refractivity contribution in [3.8, 4) is 0 Å². The molecule has 4 heteroatoms. The summed E-state index contributed by atoms with van der Waals surface area (Å²) in [4.78, 5) is 3.79. The molecule has 0 unspecified atom stereocenters. The molecule has 0 fully saturated rings. The zero-order chi connectivity index (χ0) is 7.40. The van der Waals surface area contributed by atoms with Gasteiger partial charge in [0, 0.05) is 12.7 Å². The second-order valence-electron chi connectivity index (χ2n) is 1.95. The molecule has 0 saturated heterocycles. The van der Waals surface area contributed by atoms with Crippen molar-refractivity contribution < 1.29 is 0 Å². The minimum atomic E-state index is 0.677. The van der Waals surface area contributed by atoms with Gasteiger partial charge >= 0.3 is 0 Å². The number of aromatic nitrogens is 3. The molecule has 0 saturated carbocycles. The fourth-order valence-electron chi connectivity index (χ4n) is 0.589. The van der Waals surface area contributed by atoms with E-state index in [2.05, 4.69) is 22.0 Å². The molecule has 0 aliphatic rings. The second-order valence-corrected chi connectivity index (χ2v) is 1.95. The first kappa shape index (κ1) is 6.80. The third-order valence-electron chi connectivity index (χ3n) is 1.17. The molecular weight excluding hydrogens is 128 g/mol. The molecule has 0 spiro atoms. The van der Waals surface area contributed by atoms with Gasteiger partial charge in [-0.1, -0.05) is 6.58 Å². The van der Waals surface area contributed by atoms with E-state index >= 15 is 0 Å². The van der Waals surface area contributed by atoms with E-state index in [1.165, 1.54) is 6.33 Å². The maximum Gasteiger partial charge on any atom is 0.137 e. The van der Waals surface area contributed by atoms with Crippen molar-refractivity contribution in [1.82, 2.24) is 20.1 Å². The number of hydrogen-bond acceptors (Lipinski definition) is 3. The largest absolute Gasteiger partial charge is 0.390 e. The van der Waals surface area contributed by atoms with Crippen LogP contribution in [0.25, 0.3) is 0 Å². The van der Waals surface area contributed by atoms with Crippen LogP contribution in [0.4, 0.5) is 0 Å². The normalized spacial score (nSPS) is 9.30. The van der Waals surface area contributed by atoms with E-state index in [0.717, 1.165) is 5.70 Å². The third kappa shape index (κ3) is 1.58. The van der Waals surface area contributed by atoms with Crippen molar-refractivity contribution in [2.24, 2.45) is 0 Å². The van der Waals surface area contributed by atoms with Gasteiger partial charge in [-0.3, -0.25) is 0 Å². The van der Waals surface area contributed by atoms with Crippen molar-refractivity contribution in [3.63, 3.8) is 0 Å². The molecule has 1 N–H and O–H groups in total. The lowest BCUT2D eigenvalue weighted by Gasteiger charge is -2.02. The van der Waals surface area contributed by atoms with E-state index in [1.54, 1.807) is 11.0 Å². The Hall–Kier alpha value is -1.32. The number of likely N-dealkylation sites (N-methyl/N-ethyl adjacent to an activating group) is 1. The number of rotatable bonds is 3. The van der Waals surface area contributed by atoms with Crippen molar-refractivity contribution >= 4 is 0 Å². The van der Waals surface area contributed by atoms with Crippen LogP contribution in [0, 0.1) is 0 Å². The molecule has 1 aromatic rings. The molecule has 1 heterocycles. The van der Waals surface area contributed by atoms with Crippen molar-refractivity contribution in [2.45, 2.75) is 6.54 Å². The fourth-order valence-corrected chi connectivity index (χ4v) is 0.589. The highest BCUT2D eigenvalue weighted by Crippen LogP contribution is 1.87. The topological polar surface area (TPSA) is 42.7 Å². The minimum Gasteiger partial charge on any atom is -0.390 e. The third-order valence-corrected chi connectivity index (χ3v) is 1.17. The van der Waals surface area contributed by atoms with E-state index in [1.807, 2.05) is 7.05 Å². The molecule has 4 nitrogen and oxygen atoms in total. The molecule has 1 aromatic heterocycles. The Labute approximate surface area is 59.6 Å². The Morgan fingerprint density at radius 3 is 3.10 bits per heavy atom. The minimum absolute atomic E-state index is 0.677. The molecule has 0 aliphatic heterocycles. The summed E-state index contributed by atoms with van der Waals surface area (Å²) in [5.41, 5.74) is 0.922. The van der Waals surface area contributed by atoms with E-state index in [9.17, 15) is 0 Å². The highest BCUT2D eigenvalue weighted by atomic mass is 15.3. The Balaban J connectivity index is 2.48. The molecule has 10 heavy (non-hydrogen) atoms. The first-order valence-electron chi connectivity index (χ1n) is 3.01. The van der Waals surface area contributed by atoms with Crippen LogP contribution in [0.15, 0.2) is 24.9 Å². The van der Waals surface area contributed by atoms with Crippen LogP contribution in [0.5, 0.6) is 0 Å². The summed E-state index contributed by atoms with van der Waals surface area (Å²) in [6.07, 6.45) is 3.16. The highest BCUT2D eigenvalue weighted by Gasteiger charge is 1.91. The van der Waals surface area contributed by atoms with E-state index in [-0.39, 0.29) is 0 Å². The maximum absolute atomic E-state index is 3.91. The molecule has 1 rings (SSSR count). The van der Waals surface area contributed by atoms with E-state index < -0.39 is 0 Å². The molecule has 0 aromatic carbocycles. The summed E-state index contributed by atoms with van der Waals surface area (Å²) in [7, 11) is 1.83. The van der Waals surface area contributed by atoms with Gasteiger partial charge in [0.05, 0.1) is 6.54 Å².